The third kappa shape index (κ3) is 1.12. The van der Waals surface area contributed by atoms with Gasteiger partial charge in [0.05, 0.1) is 0 Å². The van der Waals surface area contributed by atoms with E-state index in [9.17, 15) is 0 Å². The summed E-state index contributed by atoms with van der Waals surface area (Å²) in [4.78, 5) is 0. The van der Waals surface area contributed by atoms with E-state index in [0.29, 0.717) is 0 Å². The van der Waals surface area contributed by atoms with E-state index in [2.05, 4.69) is 37.3 Å². The Kier molecular flexibility index (Phi) is 1.39. The van der Waals surface area contributed by atoms with Gasteiger partial charge in [0.25, 0.3) is 0 Å². The van der Waals surface area contributed by atoms with Crippen molar-refractivity contribution in [3.63, 3.8) is 0 Å². The molecule has 0 spiro atoms. The van der Waals surface area contributed by atoms with Gasteiger partial charge in [-0.2, -0.15) is 0 Å². The van der Waals surface area contributed by atoms with Gasteiger partial charge in [-0.1, -0.05) is 30.3 Å². The zero-order valence-corrected chi connectivity index (χ0v) is 6.46. The average molecular weight is 141 g/mol. The highest BCUT2D eigenvalue weighted by atomic mass is 13.9. The molecule has 0 saturated carbocycles. The van der Waals surface area contributed by atoms with Crippen LogP contribution in [0.5, 0.6) is 0 Å². The molecule has 0 unspecified atom stereocenters. The number of benzene rings is 2. The largest absolute Gasteiger partial charge is 0.0616 e. The number of fused-ring (bicyclic) bond motifs is 1. The Morgan fingerprint density at radius 1 is 1.09 bits per heavy atom. The van der Waals surface area contributed by atoms with Crippen molar-refractivity contribution in [2.45, 2.75) is 6.92 Å². The molecule has 0 nitrogen and oxygen atoms in total. The molecule has 0 aliphatic carbocycles. The second kappa shape index (κ2) is 2.39. The summed E-state index contributed by atoms with van der Waals surface area (Å²) in [6.07, 6.45) is 0. The molecule has 0 bridgehead atoms. The predicted molar refractivity (Wildman–Crippen MR) is 47.5 cm³/mol. The van der Waals surface area contributed by atoms with Crippen molar-refractivity contribution in [3.05, 3.63) is 48.0 Å². The molecule has 0 fully saturated rings. The van der Waals surface area contributed by atoms with Gasteiger partial charge in [-0.15, -0.1) is 0 Å². The monoisotopic (exact) mass is 141 g/mol. The minimum Gasteiger partial charge on any atom is -0.0616 e. The molecule has 53 valence electrons. The summed E-state index contributed by atoms with van der Waals surface area (Å²) in [5.74, 6) is 0. The van der Waals surface area contributed by atoms with Crippen molar-refractivity contribution in [2.24, 2.45) is 0 Å². The van der Waals surface area contributed by atoms with Gasteiger partial charge in [-0.25, -0.2) is 0 Å². The Bertz CT molecular complexity index is 374. The first-order valence-electron chi connectivity index (χ1n) is 3.73. The fourth-order valence-corrected chi connectivity index (χ4v) is 1.24. The van der Waals surface area contributed by atoms with Crippen LogP contribution >= 0.6 is 0 Å². The maximum atomic E-state index is 3.17. The second-order valence-electron chi connectivity index (χ2n) is 2.74. The fourth-order valence-electron chi connectivity index (χ4n) is 1.24. The molecule has 11 heavy (non-hydrogen) atoms. The summed E-state index contributed by atoms with van der Waals surface area (Å²) < 4.78 is 0. The molecule has 0 heterocycles. The normalized spacial score (nSPS) is 10.3. The zero-order chi connectivity index (χ0) is 7.68. The van der Waals surface area contributed by atoms with Crippen molar-refractivity contribution < 1.29 is 0 Å². The van der Waals surface area contributed by atoms with Gasteiger partial charge in [0.15, 0.2) is 0 Å². The van der Waals surface area contributed by atoms with Crippen LogP contribution in [-0.4, -0.2) is 0 Å². The van der Waals surface area contributed by atoms with Crippen LogP contribution in [0.2, 0.25) is 0 Å². The van der Waals surface area contributed by atoms with Gasteiger partial charge in [-0.05, 0) is 35.4 Å². The molecule has 2 rings (SSSR count). The molecule has 2 aromatic carbocycles. The molecule has 0 N–H and O–H groups in total. The molecular weight excluding hydrogens is 132 g/mol. The molecule has 2 aromatic rings. The van der Waals surface area contributed by atoms with E-state index < -0.39 is 0 Å². The van der Waals surface area contributed by atoms with Gasteiger partial charge >= 0.3 is 0 Å². The minimum absolute atomic E-state index is 1.20. The van der Waals surface area contributed by atoms with Gasteiger partial charge in [0.1, 0.15) is 0 Å². The van der Waals surface area contributed by atoms with E-state index in [0.717, 1.165) is 0 Å². The number of aryl methyl sites for hydroxylation is 1. The maximum Gasteiger partial charge on any atom is -0.0145 e. The van der Waals surface area contributed by atoms with Crippen LogP contribution in [-0.2, 0) is 0 Å². The molecule has 0 aromatic heterocycles. The van der Waals surface area contributed by atoms with Crippen LogP contribution in [0.1, 0.15) is 5.56 Å². The van der Waals surface area contributed by atoms with E-state index in [1.807, 2.05) is 12.1 Å². The SMILES string of the molecule is Cc1[c]cc2ccccc2c1. The topological polar surface area (TPSA) is 0 Å². The van der Waals surface area contributed by atoms with Gasteiger partial charge in [0.2, 0.25) is 0 Å². The van der Waals surface area contributed by atoms with Gasteiger partial charge < -0.3 is 0 Å². The molecule has 0 atom stereocenters. The standard InChI is InChI=1S/C11H9/c1-9-6-7-10-4-2-3-5-11(10)8-9/h2-5,7-8H,1H3. The second-order valence-corrected chi connectivity index (χ2v) is 2.74. The Morgan fingerprint density at radius 2 is 1.82 bits per heavy atom. The lowest BCUT2D eigenvalue weighted by atomic mass is 10.1. The first-order chi connectivity index (χ1) is 5.36. The van der Waals surface area contributed by atoms with Crippen LogP contribution in [0.15, 0.2) is 36.4 Å². The highest BCUT2D eigenvalue weighted by Gasteiger charge is 1.90. The van der Waals surface area contributed by atoms with Crippen LogP contribution in [0.3, 0.4) is 0 Å². The molecule has 0 heteroatoms. The summed E-state index contributed by atoms with van der Waals surface area (Å²) in [6, 6.07) is 15.7. The highest BCUT2D eigenvalue weighted by molar-refractivity contribution is 5.82. The third-order valence-corrected chi connectivity index (χ3v) is 1.82. The Balaban J connectivity index is 2.83. The highest BCUT2D eigenvalue weighted by Crippen LogP contribution is 2.13. The Hall–Kier alpha value is -1.30. The lowest BCUT2D eigenvalue weighted by Gasteiger charge is -1.96. The molecule has 1 radical (unpaired) electrons. The lowest BCUT2D eigenvalue weighted by Crippen LogP contribution is -1.73. The first-order valence-corrected chi connectivity index (χ1v) is 3.73. The summed E-state index contributed by atoms with van der Waals surface area (Å²) in [6.45, 7) is 2.06. The van der Waals surface area contributed by atoms with Gasteiger partial charge in [-0.3, -0.25) is 0 Å². The molecule has 0 amide bonds. The molecular formula is C11H9. The van der Waals surface area contributed by atoms with Gasteiger partial charge in [0, 0.05) is 0 Å². The first kappa shape index (κ1) is 6.41. The zero-order valence-electron chi connectivity index (χ0n) is 6.46. The van der Waals surface area contributed by atoms with Crippen molar-refractivity contribution >= 4 is 10.8 Å². The van der Waals surface area contributed by atoms with Crippen LogP contribution in [0.4, 0.5) is 0 Å². The van der Waals surface area contributed by atoms with E-state index in [1.54, 1.807) is 0 Å². The third-order valence-electron chi connectivity index (χ3n) is 1.82. The fraction of sp³-hybridized carbons (Fsp3) is 0.0909. The number of hydrogen-bond acceptors (Lipinski definition) is 0. The molecule has 0 aliphatic rings. The summed E-state index contributed by atoms with van der Waals surface area (Å²) >= 11 is 0. The quantitative estimate of drug-likeness (QED) is 0.529. The molecule has 0 aliphatic heterocycles. The lowest BCUT2D eigenvalue weighted by molar-refractivity contribution is 1.49. The van der Waals surface area contributed by atoms with Crippen molar-refractivity contribution in [3.8, 4) is 0 Å². The van der Waals surface area contributed by atoms with Crippen molar-refractivity contribution in [1.82, 2.24) is 0 Å². The summed E-state index contributed by atoms with van der Waals surface area (Å²) in [5.41, 5.74) is 1.20. The smallest absolute Gasteiger partial charge is 0.0145 e. The molecule has 0 saturated heterocycles. The Labute approximate surface area is 66.5 Å². The van der Waals surface area contributed by atoms with Crippen LogP contribution in [0, 0.1) is 13.0 Å². The average Bonchev–Trinajstić information content (AvgIpc) is 2.04. The number of rotatable bonds is 0. The summed E-state index contributed by atoms with van der Waals surface area (Å²) in [5, 5.41) is 2.56. The van der Waals surface area contributed by atoms with E-state index in [1.165, 1.54) is 16.3 Å². The van der Waals surface area contributed by atoms with Crippen molar-refractivity contribution in [1.29, 1.82) is 0 Å². The van der Waals surface area contributed by atoms with Crippen LogP contribution < -0.4 is 0 Å². The minimum atomic E-state index is 1.20. The maximum absolute atomic E-state index is 3.17. The van der Waals surface area contributed by atoms with E-state index in [4.69, 9.17) is 0 Å². The Morgan fingerprint density at radius 3 is 2.64 bits per heavy atom. The summed E-state index contributed by atoms with van der Waals surface area (Å²) in [7, 11) is 0. The van der Waals surface area contributed by atoms with E-state index in [-0.39, 0.29) is 0 Å². The van der Waals surface area contributed by atoms with Crippen LogP contribution in [0.25, 0.3) is 10.8 Å². The van der Waals surface area contributed by atoms with Crippen molar-refractivity contribution in [2.75, 3.05) is 0 Å². The number of hydrogen-bond donors (Lipinski definition) is 0. The predicted octanol–water partition coefficient (Wildman–Crippen LogP) is 2.95. The van der Waals surface area contributed by atoms with E-state index >= 15 is 0 Å².